The first kappa shape index (κ1) is 21.7. The molecule has 3 aromatic rings. The van der Waals surface area contributed by atoms with Crippen LogP contribution >= 0.6 is 22.6 Å². The van der Waals surface area contributed by atoms with E-state index in [1.54, 1.807) is 25.1 Å². The number of esters is 1. The van der Waals surface area contributed by atoms with Crippen LogP contribution in [0.5, 0.6) is 5.75 Å². The van der Waals surface area contributed by atoms with E-state index < -0.39 is 10.9 Å². The summed E-state index contributed by atoms with van der Waals surface area (Å²) in [6, 6.07) is 19.9. The van der Waals surface area contributed by atoms with Gasteiger partial charge in [0.05, 0.1) is 4.92 Å². The van der Waals surface area contributed by atoms with E-state index in [-0.39, 0.29) is 17.3 Å². The summed E-state index contributed by atoms with van der Waals surface area (Å²) in [4.78, 5) is 27.4. The number of aryl methyl sites for hydroxylation is 1. The molecule has 0 saturated carbocycles. The van der Waals surface area contributed by atoms with Gasteiger partial charge in [0.25, 0.3) is 5.69 Å². The summed E-state index contributed by atoms with van der Waals surface area (Å²) in [6.45, 7) is 2.02. The molecule has 4 rings (SSSR count). The Hall–Kier alpha value is -3.53. The Bertz CT molecular complexity index is 1270. The number of carbonyl (C=O) groups is 1. The van der Waals surface area contributed by atoms with Crippen LogP contribution in [0.15, 0.2) is 77.4 Å². The molecule has 0 aromatic heterocycles. The fraction of sp³-hybridized carbons (Fsp3) is 0.0833. The van der Waals surface area contributed by atoms with Crippen molar-refractivity contribution >= 4 is 46.2 Å². The smallest absolute Gasteiger partial charge is 0.363 e. The predicted octanol–water partition coefficient (Wildman–Crippen LogP) is 5.43. The maximum Gasteiger partial charge on any atom is 0.363 e. The molecular weight excluding hydrogens is 523 g/mol. The van der Waals surface area contributed by atoms with Gasteiger partial charge in [-0.2, -0.15) is 0 Å². The molecule has 160 valence electrons. The zero-order chi connectivity index (χ0) is 22.7. The quantitative estimate of drug-likeness (QED) is 0.137. The second kappa shape index (κ2) is 9.31. The fourth-order valence-electron chi connectivity index (χ4n) is 3.09. The van der Waals surface area contributed by atoms with E-state index in [0.29, 0.717) is 29.0 Å². The van der Waals surface area contributed by atoms with E-state index in [0.717, 1.165) is 9.13 Å². The van der Waals surface area contributed by atoms with Crippen molar-refractivity contribution in [1.29, 1.82) is 0 Å². The summed E-state index contributed by atoms with van der Waals surface area (Å²) in [5, 5.41) is 11.2. The van der Waals surface area contributed by atoms with E-state index in [2.05, 4.69) is 27.6 Å². The van der Waals surface area contributed by atoms with Crippen LogP contribution in [0.2, 0.25) is 0 Å². The number of nitro groups is 1. The van der Waals surface area contributed by atoms with E-state index in [9.17, 15) is 14.9 Å². The molecule has 1 heterocycles. The monoisotopic (exact) mass is 540 g/mol. The Kier molecular flexibility index (Phi) is 6.31. The fourth-order valence-corrected chi connectivity index (χ4v) is 3.45. The minimum Gasteiger partial charge on any atom is -0.488 e. The predicted molar refractivity (Wildman–Crippen MR) is 128 cm³/mol. The van der Waals surface area contributed by atoms with Crippen molar-refractivity contribution in [2.24, 2.45) is 4.99 Å². The molecule has 0 fully saturated rings. The highest BCUT2D eigenvalue weighted by Crippen LogP contribution is 2.27. The lowest BCUT2D eigenvalue weighted by molar-refractivity contribution is -0.385. The standard InChI is InChI=1S/C24H17IN2O5/c1-15-6-9-18(13-21(15)27(29)30)23-26-20(24(28)32-23)12-17-4-2-3-5-22(17)31-14-16-7-10-19(25)11-8-16/h2-13H,14H2,1H3/b20-12-. The number of benzene rings is 3. The zero-order valence-electron chi connectivity index (χ0n) is 16.9. The van der Waals surface area contributed by atoms with Gasteiger partial charge in [-0.3, -0.25) is 10.1 Å². The third-order valence-corrected chi connectivity index (χ3v) is 5.51. The maximum absolute atomic E-state index is 12.4. The molecular formula is C24H17IN2O5. The van der Waals surface area contributed by atoms with Crippen LogP contribution in [0.3, 0.4) is 0 Å². The van der Waals surface area contributed by atoms with E-state index in [1.165, 1.54) is 6.07 Å². The lowest BCUT2D eigenvalue weighted by Gasteiger charge is -2.09. The zero-order valence-corrected chi connectivity index (χ0v) is 19.1. The molecule has 7 nitrogen and oxygen atoms in total. The molecule has 1 aliphatic rings. The van der Waals surface area contributed by atoms with Crippen molar-refractivity contribution in [1.82, 2.24) is 0 Å². The first-order chi connectivity index (χ1) is 15.4. The molecule has 0 spiro atoms. The number of halogens is 1. The summed E-state index contributed by atoms with van der Waals surface area (Å²) in [5.74, 6) is -0.00159. The van der Waals surface area contributed by atoms with E-state index >= 15 is 0 Å². The second-order valence-electron chi connectivity index (χ2n) is 7.05. The molecule has 0 radical (unpaired) electrons. The number of ether oxygens (including phenoxy) is 2. The van der Waals surface area contributed by atoms with Crippen molar-refractivity contribution < 1.29 is 19.2 Å². The number of aliphatic imine (C=N–C) groups is 1. The van der Waals surface area contributed by atoms with Crippen molar-refractivity contribution in [2.45, 2.75) is 13.5 Å². The molecule has 8 heteroatoms. The highest BCUT2D eigenvalue weighted by atomic mass is 127. The van der Waals surface area contributed by atoms with Crippen LogP contribution in [0.1, 0.15) is 22.3 Å². The number of hydrogen-bond acceptors (Lipinski definition) is 6. The highest BCUT2D eigenvalue weighted by molar-refractivity contribution is 14.1. The van der Waals surface area contributed by atoms with Crippen molar-refractivity contribution in [3.05, 3.63) is 108 Å². The summed E-state index contributed by atoms with van der Waals surface area (Å²) in [5.41, 5.74) is 2.60. The number of carbonyl (C=O) groups excluding carboxylic acids is 1. The van der Waals surface area contributed by atoms with Gasteiger partial charge >= 0.3 is 5.97 Å². The first-order valence-electron chi connectivity index (χ1n) is 9.65. The third kappa shape index (κ3) is 4.86. The topological polar surface area (TPSA) is 91.0 Å². The molecule has 0 amide bonds. The van der Waals surface area contributed by atoms with Crippen molar-refractivity contribution in [3.63, 3.8) is 0 Å². The molecule has 3 aromatic carbocycles. The Morgan fingerprint density at radius 3 is 2.62 bits per heavy atom. The molecule has 0 unspecified atom stereocenters. The largest absolute Gasteiger partial charge is 0.488 e. The number of nitrogens with zero attached hydrogens (tertiary/aromatic N) is 2. The van der Waals surface area contributed by atoms with Gasteiger partial charge in [-0.15, -0.1) is 0 Å². The third-order valence-electron chi connectivity index (χ3n) is 4.79. The minimum absolute atomic E-state index is 0.0293. The number of hydrogen-bond donors (Lipinski definition) is 0. The van der Waals surface area contributed by atoms with Crippen LogP contribution in [-0.2, 0) is 16.1 Å². The Morgan fingerprint density at radius 1 is 1.12 bits per heavy atom. The highest BCUT2D eigenvalue weighted by Gasteiger charge is 2.26. The van der Waals surface area contributed by atoms with Gasteiger partial charge in [-0.05, 0) is 65.4 Å². The summed E-state index contributed by atoms with van der Waals surface area (Å²) >= 11 is 2.25. The van der Waals surface area contributed by atoms with E-state index in [1.807, 2.05) is 48.5 Å². The average molecular weight is 540 g/mol. The van der Waals surface area contributed by atoms with Crippen molar-refractivity contribution in [2.75, 3.05) is 0 Å². The number of rotatable bonds is 6. The average Bonchev–Trinajstić information content (AvgIpc) is 3.14. The van der Waals surface area contributed by atoms with Crippen LogP contribution in [0.4, 0.5) is 5.69 Å². The van der Waals surface area contributed by atoms with Gasteiger partial charge in [0.15, 0.2) is 5.70 Å². The Labute approximate surface area is 197 Å². The molecule has 0 N–H and O–H groups in total. The molecule has 0 saturated heterocycles. The van der Waals surface area contributed by atoms with E-state index in [4.69, 9.17) is 9.47 Å². The number of para-hydroxylation sites is 1. The molecule has 1 aliphatic heterocycles. The maximum atomic E-state index is 12.4. The Balaban J connectivity index is 1.59. The summed E-state index contributed by atoms with van der Waals surface area (Å²) < 4.78 is 12.4. The molecule has 0 bridgehead atoms. The minimum atomic E-state index is -0.629. The molecule has 32 heavy (non-hydrogen) atoms. The summed E-state index contributed by atoms with van der Waals surface area (Å²) in [7, 11) is 0. The molecule has 0 aliphatic carbocycles. The van der Waals surface area contributed by atoms with Gasteiger partial charge in [0.2, 0.25) is 5.90 Å². The first-order valence-corrected chi connectivity index (χ1v) is 10.7. The Morgan fingerprint density at radius 2 is 1.88 bits per heavy atom. The molecule has 0 atom stereocenters. The van der Waals surface area contributed by atoms with Gasteiger partial charge in [-0.1, -0.05) is 36.4 Å². The van der Waals surface area contributed by atoms with Crippen LogP contribution in [-0.4, -0.2) is 16.8 Å². The lowest BCUT2D eigenvalue weighted by atomic mass is 10.1. The van der Waals surface area contributed by atoms with Crippen LogP contribution < -0.4 is 4.74 Å². The van der Waals surface area contributed by atoms with Crippen molar-refractivity contribution in [3.8, 4) is 5.75 Å². The van der Waals surface area contributed by atoms with Crippen LogP contribution in [0.25, 0.3) is 6.08 Å². The summed E-state index contributed by atoms with van der Waals surface area (Å²) in [6.07, 6.45) is 1.58. The van der Waals surface area contributed by atoms with Gasteiger partial charge in [-0.25, -0.2) is 9.79 Å². The normalized spacial score (nSPS) is 14.2. The lowest BCUT2D eigenvalue weighted by Crippen LogP contribution is -2.06. The van der Waals surface area contributed by atoms with Gasteiger partial charge in [0.1, 0.15) is 12.4 Å². The van der Waals surface area contributed by atoms with Gasteiger partial charge < -0.3 is 9.47 Å². The number of nitro benzene ring substituents is 1. The van der Waals surface area contributed by atoms with Gasteiger partial charge in [0, 0.05) is 26.3 Å². The second-order valence-corrected chi connectivity index (χ2v) is 8.29. The SMILES string of the molecule is Cc1ccc(C2=N/C(=C\c3ccccc3OCc3ccc(I)cc3)C(=O)O2)cc1[N+](=O)[O-]. The van der Waals surface area contributed by atoms with Crippen LogP contribution in [0, 0.1) is 20.6 Å². The number of cyclic esters (lactones) is 1.